The number of hydrogen-bond donors (Lipinski definition) is 0. The van der Waals surface area contributed by atoms with Crippen LogP contribution in [0.25, 0.3) is 10.2 Å². The summed E-state index contributed by atoms with van der Waals surface area (Å²) < 4.78 is 7.08. The van der Waals surface area contributed by atoms with Crippen molar-refractivity contribution in [2.75, 3.05) is 33.7 Å². The number of aromatic nitrogens is 3. The highest BCUT2D eigenvalue weighted by Gasteiger charge is 2.27. The summed E-state index contributed by atoms with van der Waals surface area (Å²) >= 11 is 1.39. The lowest BCUT2D eigenvalue weighted by molar-refractivity contribution is -0.132. The van der Waals surface area contributed by atoms with Crippen LogP contribution in [-0.2, 0) is 4.79 Å². The van der Waals surface area contributed by atoms with Gasteiger partial charge in [-0.1, -0.05) is 12.1 Å². The van der Waals surface area contributed by atoms with Gasteiger partial charge in [0.15, 0.2) is 5.01 Å². The predicted octanol–water partition coefficient (Wildman–Crippen LogP) is 4.38. The Bertz CT molecular complexity index is 1340. The van der Waals surface area contributed by atoms with Crippen molar-refractivity contribution in [3.05, 3.63) is 77.2 Å². The van der Waals surface area contributed by atoms with Gasteiger partial charge in [0.1, 0.15) is 11.4 Å². The first kappa shape index (κ1) is 24.0. The molecule has 1 aliphatic heterocycles. The van der Waals surface area contributed by atoms with Crippen LogP contribution in [0.15, 0.2) is 60.9 Å². The van der Waals surface area contributed by atoms with E-state index in [1.54, 1.807) is 36.7 Å². The van der Waals surface area contributed by atoms with E-state index in [9.17, 15) is 9.59 Å². The lowest BCUT2D eigenvalue weighted by atomic mass is 9.93. The first-order valence-electron chi connectivity index (χ1n) is 11.9. The van der Waals surface area contributed by atoms with Gasteiger partial charge in [-0.3, -0.25) is 14.6 Å². The molecule has 2 aromatic heterocycles. The number of benzene rings is 2. The van der Waals surface area contributed by atoms with Crippen molar-refractivity contribution in [2.45, 2.75) is 18.8 Å². The quantitative estimate of drug-likeness (QED) is 0.347. The van der Waals surface area contributed by atoms with E-state index in [0.29, 0.717) is 41.8 Å². The average Bonchev–Trinajstić information content (AvgIpc) is 3.33. The molecule has 1 saturated heterocycles. The number of nitrogens with zero attached hydrogens (tertiary/aromatic N) is 5. The van der Waals surface area contributed by atoms with Gasteiger partial charge in [0.05, 0.1) is 16.8 Å². The number of hydrogen-bond acceptors (Lipinski definition) is 8. The molecule has 2 aromatic carbocycles. The third-order valence-electron chi connectivity index (χ3n) is 6.20. The Labute approximate surface area is 213 Å². The summed E-state index contributed by atoms with van der Waals surface area (Å²) in [5.74, 6) is 1.24. The lowest BCUT2D eigenvalue weighted by Gasteiger charge is -2.32. The van der Waals surface area contributed by atoms with E-state index in [4.69, 9.17) is 4.74 Å². The first-order chi connectivity index (χ1) is 17.5. The van der Waals surface area contributed by atoms with Gasteiger partial charge in [0.25, 0.3) is 0 Å². The number of ether oxygens (including phenoxy) is 1. The van der Waals surface area contributed by atoms with Crippen LogP contribution in [0.4, 0.5) is 0 Å². The number of likely N-dealkylation sites (tertiary alicyclic amines) is 1. The maximum absolute atomic E-state index is 12.9. The van der Waals surface area contributed by atoms with E-state index in [1.165, 1.54) is 11.3 Å². The third kappa shape index (κ3) is 5.27. The van der Waals surface area contributed by atoms with Crippen LogP contribution in [0.5, 0.6) is 11.6 Å². The number of likely N-dealkylation sites (N-methyl/N-ethyl adjacent to an activating group) is 1. The molecule has 184 valence electrons. The average molecular weight is 502 g/mol. The Kier molecular flexibility index (Phi) is 7.02. The van der Waals surface area contributed by atoms with Gasteiger partial charge in [-0.05, 0) is 63.3 Å². The fraction of sp³-hybridized carbons (Fsp3) is 0.296. The smallest absolute Gasteiger partial charge is 0.241 e. The van der Waals surface area contributed by atoms with Crippen LogP contribution in [-0.4, -0.2) is 70.2 Å². The van der Waals surface area contributed by atoms with E-state index in [2.05, 4.69) is 15.0 Å². The number of para-hydroxylation sites is 1. The molecule has 0 aliphatic carbocycles. The number of ketones is 1. The zero-order valence-corrected chi connectivity index (χ0v) is 21.1. The minimum absolute atomic E-state index is 0.112. The molecule has 0 bridgehead atoms. The summed E-state index contributed by atoms with van der Waals surface area (Å²) in [6, 6.07) is 14.7. The maximum atomic E-state index is 12.9. The van der Waals surface area contributed by atoms with Gasteiger partial charge >= 0.3 is 0 Å². The molecule has 0 saturated carbocycles. The zero-order valence-electron chi connectivity index (χ0n) is 20.3. The molecule has 5 rings (SSSR count). The maximum Gasteiger partial charge on any atom is 0.241 e. The largest absolute Gasteiger partial charge is 0.437 e. The molecule has 1 fully saturated rings. The summed E-state index contributed by atoms with van der Waals surface area (Å²) in [5, 5.41) is 0.469. The Morgan fingerprint density at radius 1 is 1.03 bits per heavy atom. The van der Waals surface area contributed by atoms with E-state index in [-0.39, 0.29) is 17.6 Å². The monoisotopic (exact) mass is 501 g/mol. The van der Waals surface area contributed by atoms with Crippen molar-refractivity contribution in [2.24, 2.45) is 0 Å². The topological polar surface area (TPSA) is 88.5 Å². The third-order valence-corrected chi connectivity index (χ3v) is 7.23. The van der Waals surface area contributed by atoms with Crippen LogP contribution in [0.1, 0.15) is 39.8 Å². The van der Waals surface area contributed by atoms with Gasteiger partial charge in [-0.2, -0.15) is 0 Å². The van der Waals surface area contributed by atoms with Crippen LogP contribution >= 0.6 is 11.3 Å². The van der Waals surface area contributed by atoms with Crippen molar-refractivity contribution in [1.29, 1.82) is 0 Å². The second-order valence-corrected chi connectivity index (χ2v) is 10.1. The minimum Gasteiger partial charge on any atom is -0.437 e. The second-order valence-electron chi connectivity index (χ2n) is 9.08. The Balaban J connectivity index is 1.26. The Morgan fingerprint density at radius 2 is 1.75 bits per heavy atom. The fourth-order valence-corrected chi connectivity index (χ4v) is 5.27. The zero-order chi connectivity index (χ0) is 25.1. The summed E-state index contributed by atoms with van der Waals surface area (Å²) in [4.78, 5) is 42.6. The van der Waals surface area contributed by atoms with Crippen LogP contribution in [0, 0.1) is 0 Å². The summed E-state index contributed by atoms with van der Waals surface area (Å²) in [5.41, 5.74) is 2.18. The van der Waals surface area contributed by atoms with Crippen molar-refractivity contribution in [3.8, 4) is 11.6 Å². The highest BCUT2D eigenvalue weighted by molar-refractivity contribution is 7.20. The van der Waals surface area contributed by atoms with Gasteiger partial charge in [0, 0.05) is 37.0 Å². The van der Waals surface area contributed by atoms with Gasteiger partial charge in [0.2, 0.25) is 17.6 Å². The number of rotatable bonds is 7. The molecule has 0 unspecified atom stereocenters. The Morgan fingerprint density at radius 3 is 2.47 bits per heavy atom. The van der Waals surface area contributed by atoms with E-state index in [0.717, 1.165) is 28.8 Å². The SMILES string of the molecule is CN(C)CC(=O)N1CCC(c2nccnc2Oc2ccc(C(=O)c3nc4ccccc4s3)cc2)CC1. The number of amides is 1. The van der Waals surface area contributed by atoms with Crippen molar-refractivity contribution in [3.63, 3.8) is 0 Å². The molecule has 1 aliphatic rings. The number of piperidine rings is 1. The highest BCUT2D eigenvalue weighted by atomic mass is 32.1. The van der Waals surface area contributed by atoms with Crippen molar-refractivity contribution < 1.29 is 14.3 Å². The van der Waals surface area contributed by atoms with E-state index < -0.39 is 0 Å². The highest BCUT2D eigenvalue weighted by Crippen LogP contribution is 2.34. The van der Waals surface area contributed by atoms with Crippen molar-refractivity contribution in [1.82, 2.24) is 24.8 Å². The summed E-state index contributed by atoms with van der Waals surface area (Å²) in [7, 11) is 3.80. The standard InChI is InChI=1S/C27H27N5O3S/c1-31(2)17-23(33)32-15-11-18(12-16-32)24-26(29-14-13-28-24)35-20-9-7-19(8-10-20)25(34)27-30-21-5-3-4-6-22(21)36-27/h3-10,13-14,18H,11-12,15-17H2,1-2H3. The van der Waals surface area contributed by atoms with Crippen LogP contribution in [0.3, 0.4) is 0 Å². The molecular formula is C27H27N5O3S. The molecule has 9 heteroatoms. The number of carbonyl (C=O) groups is 2. The second kappa shape index (κ2) is 10.5. The van der Waals surface area contributed by atoms with E-state index in [1.807, 2.05) is 48.2 Å². The molecule has 0 spiro atoms. The number of fused-ring (bicyclic) bond motifs is 1. The van der Waals surface area contributed by atoms with Gasteiger partial charge < -0.3 is 14.5 Å². The summed E-state index contributed by atoms with van der Waals surface area (Å²) in [6.07, 6.45) is 4.90. The fourth-order valence-electron chi connectivity index (χ4n) is 4.35. The number of carbonyl (C=O) groups excluding carboxylic acids is 2. The van der Waals surface area contributed by atoms with Gasteiger partial charge in [-0.15, -0.1) is 11.3 Å². The van der Waals surface area contributed by atoms with Crippen LogP contribution in [0.2, 0.25) is 0 Å². The molecule has 4 aromatic rings. The molecule has 0 radical (unpaired) electrons. The molecule has 1 amide bonds. The normalized spacial score (nSPS) is 14.4. The van der Waals surface area contributed by atoms with Crippen molar-refractivity contribution >= 4 is 33.2 Å². The summed E-state index contributed by atoms with van der Waals surface area (Å²) in [6.45, 7) is 1.80. The molecule has 36 heavy (non-hydrogen) atoms. The Hall–Kier alpha value is -3.69. The first-order valence-corrected chi connectivity index (χ1v) is 12.7. The van der Waals surface area contributed by atoms with Gasteiger partial charge in [-0.25, -0.2) is 9.97 Å². The number of thiazole rings is 1. The van der Waals surface area contributed by atoms with E-state index >= 15 is 0 Å². The lowest BCUT2D eigenvalue weighted by Crippen LogP contribution is -2.42. The molecule has 3 heterocycles. The molecule has 0 atom stereocenters. The predicted molar refractivity (Wildman–Crippen MR) is 139 cm³/mol. The minimum atomic E-state index is -0.112. The molecular weight excluding hydrogens is 474 g/mol. The molecule has 0 N–H and O–H groups in total. The van der Waals surface area contributed by atoms with Crippen LogP contribution < -0.4 is 4.74 Å². The molecule has 8 nitrogen and oxygen atoms in total.